The van der Waals surface area contributed by atoms with E-state index in [1.54, 1.807) is 30.3 Å². The van der Waals surface area contributed by atoms with Crippen LogP contribution >= 0.6 is 0 Å². The Labute approximate surface area is 170 Å². The first-order valence-corrected chi connectivity index (χ1v) is 9.17. The van der Waals surface area contributed by atoms with Crippen molar-refractivity contribution in [3.8, 4) is 17.6 Å². The van der Waals surface area contributed by atoms with Crippen molar-refractivity contribution in [1.82, 2.24) is 0 Å². The number of ether oxygens (including phenoxy) is 3. The molecule has 1 amide bonds. The number of nitrogens with zero attached hydrogens (tertiary/aromatic N) is 1. The Hall–Kier alpha value is -3.53. The summed E-state index contributed by atoms with van der Waals surface area (Å²) >= 11 is 0. The third-order valence-electron chi connectivity index (χ3n) is 3.88. The molecule has 0 aliphatic rings. The van der Waals surface area contributed by atoms with Crippen molar-refractivity contribution in [3.63, 3.8) is 0 Å². The normalized spacial score (nSPS) is 11.3. The van der Waals surface area contributed by atoms with Crippen LogP contribution in [0.2, 0.25) is 0 Å². The predicted molar refractivity (Wildman–Crippen MR) is 108 cm³/mol. The highest BCUT2D eigenvalue weighted by Crippen LogP contribution is 2.29. The van der Waals surface area contributed by atoms with Crippen molar-refractivity contribution in [2.24, 2.45) is 5.92 Å². The number of rotatable bonds is 8. The highest BCUT2D eigenvalue weighted by Gasteiger charge is 2.20. The van der Waals surface area contributed by atoms with Crippen LogP contribution in [0.4, 0.5) is 5.69 Å². The molecule has 1 N–H and O–H groups in total. The lowest BCUT2D eigenvalue weighted by atomic mass is 10.2. The molecular formula is C22H24N2O5. The Kier molecular flexibility index (Phi) is 7.61. The van der Waals surface area contributed by atoms with E-state index in [9.17, 15) is 9.59 Å². The average molecular weight is 396 g/mol. The van der Waals surface area contributed by atoms with Gasteiger partial charge in [0.15, 0.2) is 17.6 Å². The lowest BCUT2D eigenvalue weighted by molar-refractivity contribution is -0.123. The SMILES string of the molecule is COc1cc(C(=O)O[C@H](C)C(=O)Nc2cccc(C#N)c2)ccc1OCC(C)C. The second kappa shape index (κ2) is 10.1. The average Bonchev–Trinajstić information content (AvgIpc) is 2.71. The zero-order valence-corrected chi connectivity index (χ0v) is 16.9. The maximum atomic E-state index is 12.4. The van der Waals surface area contributed by atoms with E-state index in [1.807, 2.05) is 19.9 Å². The summed E-state index contributed by atoms with van der Waals surface area (Å²) in [7, 11) is 1.48. The Bertz CT molecular complexity index is 918. The van der Waals surface area contributed by atoms with Crippen molar-refractivity contribution >= 4 is 17.6 Å². The van der Waals surface area contributed by atoms with Gasteiger partial charge in [-0.05, 0) is 49.2 Å². The second-order valence-corrected chi connectivity index (χ2v) is 6.80. The van der Waals surface area contributed by atoms with Crippen LogP contribution in [0.15, 0.2) is 42.5 Å². The summed E-state index contributed by atoms with van der Waals surface area (Å²) in [4.78, 5) is 24.7. The predicted octanol–water partition coefficient (Wildman–Crippen LogP) is 3.79. The third kappa shape index (κ3) is 6.25. The number of carbonyl (C=O) groups is 2. The first-order chi connectivity index (χ1) is 13.8. The molecule has 29 heavy (non-hydrogen) atoms. The Morgan fingerprint density at radius 3 is 2.52 bits per heavy atom. The number of esters is 1. The van der Waals surface area contributed by atoms with E-state index in [-0.39, 0.29) is 5.56 Å². The lowest BCUT2D eigenvalue weighted by Gasteiger charge is -2.15. The van der Waals surface area contributed by atoms with Gasteiger partial charge in [-0.25, -0.2) is 4.79 Å². The molecule has 0 radical (unpaired) electrons. The van der Waals surface area contributed by atoms with E-state index >= 15 is 0 Å². The fourth-order valence-corrected chi connectivity index (χ4v) is 2.36. The van der Waals surface area contributed by atoms with E-state index in [0.29, 0.717) is 35.3 Å². The minimum absolute atomic E-state index is 0.241. The number of hydrogen-bond donors (Lipinski definition) is 1. The molecule has 2 rings (SSSR count). The summed E-state index contributed by atoms with van der Waals surface area (Å²) in [6, 6.07) is 13.2. The minimum Gasteiger partial charge on any atom is -0.493 e. The quantitative estimate of drug-likeness (QED) is 0.682. The van der Waals surface area contributed by atoms with E-state index < -0.39 is 18.0 Å². The van der Waals surface area contributed by atoms with Gasteiger partial charge in [0.1, 0.15) is 0 Å². The zero-order valence-electron chi connectivity index (χ0n) is 16.9. The molecule has 2 aromatic rings. The van der Waals surface area contributed by atoms with Gasteiger partial charge in [-0.15, -0.1) is 0 Å². The number of nitriles is 1. The van der Waals surface area contributed by atoms with E-state index in [4.69, 9.17) is 19.5 Å². The summed E-state index contributed by atoms with van der Waals surface area (Å²) in [5, 5.41) is 11.5. The van der Waals surface area contributed by atoms with Crippen molar-refractivity contribution in [1.29, 1.82) is 5.26 Å². The smallest absolute Gasteiger partial charge is 0.339 e. The van der Waals surface area contributed by atoms with Crippen LogP contribution < -0.4 is 14.8 Å². The van der Waals surface area contributed by atoms with Gasteiger partial charge in [0, 0.05) is 5.69 Å². The van der Waals surface area contributed by atoms with E-state index in [2.05, 4.69) is 5.32 Å². The largest absolute Gasteiger partial charge is 0.493 e. The maximum absolute atomic E-state index is 12.4. The van der Waals surface area contributed by atoms with Crippen molar-refractivity contribution in [2.75, 3.05) is 19.0 Å². The van der Waals surface area contributed by atoms with Gasteiger partial charge in [-0.3, -0.25) is 4.79 Å². The molecule has 0 saturated heterocycles. The van der Waals surface area contributed by atoms with Gasteiger partial charge < -0.3 is 19.5 Å². The Morgan fingerprint density at radius 1 is 1.10 bits per heavy atom. The molecule has 152 valence electrons. The maximum Gasteiger partial charge on any atom is 0.339 e. The highest BCUT2D eigenvalue weighted by molar-refractivity contribution is 5.97. The Morgan fingerprint density at radius 2 is 1.86 bits per heavy atom. The van der Waals surface area contributed by atoms with Crippen molar-refractivity contribution in [2.45, 2.75) is 26.9 Å². The fourth-order valence-electron chi connectivity index (χ4n) is 2.36. The number of anilines is 1. The van der Waals surface area contributed by atoms with Crippen LogP contribution in [0.3, 0.4) is 0 Å². The molecule has 7 heteroatoms. The second-order valence-electron chi connectivity index (χ2n) is 6.80. The van der Waals surface area contributed by atoms with Crippen LogP contribution in [0.5, 0.6) is 11.5 Å². The Balaban J connectivity index is 2.02. The van der Waals surface area contributed by atoms with E-state index in [1.165, 1.54) is 26.2 Å². The topological polar surface area (TPSA) is 97.6 Å². The van der Waals surface area contributed by atoms with Crippen LogP contribution in [0.1, 0.15) is 36.7 Å². The number of carbonyl (C=O) groups excluding carboxylic acids is 2. The van der Waals surface area contributed by atoms with Gasteiger partial charge in [0.05, 0.1) is 30.9 Å². The van der Waals surface area contributed by atoms with Crippen LogP contribution in [0, 0.1) is 17.2 Å². The molecule has 0 spiro atoms. The van der Waals surface area contributed by atoms with Crippen LogP contribution in [0.25, 0.3) is 0 Å². The lowest BCUT2D eigenvalue weighted by Crippen LogP contribution is -2.30. The molecular weight excluding hydrogens is 372 g/mol. The van der Waals surface area contributed by atoms with Gasteiger partial charge in [0.2, 0.25) is 0 Å². The van der Waals surface area contributed by atoms with Crippen molar-refractivity contribution in [3.05, 3.63) is 53.6 Å². The molecule has 0 unspecified atom stereocenters. The fraction of sp³-hybridized carbons (Fsp3) is 0.318. The minimum atomic E-state index is -1.03. The summed E-state index contributed by atoms with van der Waals surface area (Å²) in [6.45, 7) is 6.05. The van der Waals surface area contributed by atoms with Gasteiger partial charge >= 0.3 is 5.97 Å². The molecule has 0 aliphatic carbocycles. The molecule has 1 atom stereocenters. The van der Waals surface area contributed by atoms with E-state index in [0.717, 1.165) is 0 Å². The standard InChI is InChI=1S/C22H24N2O5/c1-14(2)13-28-19-9-8-17(11-20(19)27-4)22(26)29-15(3)21(25)24-18-7-5-6-16(10-18)12-23/h5-11,14-15H,13H2,1-4H3,(H,24,25)/t15-/m1/s1. The summed E-state index contributed by atoms with van der Waals surface area (Å²) in [5.74, 6) is 0.119. The summed E-state index contributed by atoms with van der Waals surface area (Å²) in [5.41, 5.74) is 1.11. The van der Waals surface area contributed by atoms with Crippen molar-refractivity contribution < 1.29 is 23.8 Å². The monoisotopic (exact) mass is 396 g/mol. The van der Waals surface area contributed by atoms with Gasteiger partial charge in [-0.1, -0.05) is 19.9 Å². The summed E-state index contributed by atoms with van der Waals surface area (Å²) in [6.07, 6.45) is -1.03. The van der Waals surface area contributed by atoms with Gasteiger partial charge in [-0.2, -0.15) is 5.26 Å². The number of benzene rings is 2. The zero-order chi connectivity index (χ0) is 21.4. The summed E-state index contributed by atoms with van der Waals surface area (Å²) < 4.78 is 16.2. The first-order valence-electron chi connectivity index (χ1n) is 9.17. The third-order valence-corrected chi connectivity index (χ3v) is 3.88. The number of methoxy groups -OCH3 is 1. The molecule has 0 saturated carbocycles. The van der Waals surface area contributed by atoms with Gasteiger partial charge in [0.25, 0.3) is 5.91 Å². The molecule has 7 nitrogen and oxygen atoms in total. The number of hydrogen-bond acceptors (Lipinski definition) is 6. The first kappa shape index (κ1) is 21.8. The highest BCUT2D eigenvalue weighted by atomic mass is 16.5. The number of amides is 1. The molecule has 0 bridgehead atoms. The molecule has 2 aromatic carbocycles. The molecule has 0 heterocycles. The molecule has 0 fully saturated rings. The molecule has 0 aliphatic heterocycles. The van der Waals surface area contributed by atoms with Crippen LogP contribution in [-0.2, 0) is 9.53 Å². The molecule has 0 aromatic heterocycles. The number of nitrogens with one attached hydrogen (secondary N) is 1. The van der Waals surface area contributed by atoms with Crippen LogP contribution in [-0.4, -0.2) is 31.7 Å².